The molecule has 0 saturated carbocycles. The summed E-state index contributed by atoms with van der Waals surface area (Å²) in [5, 5.41) is 11.7. The predicted octanol–water partition coefficient (Wildman–Crippen LogP) is 1.21. The Kier molecular flexibility index (Phi) is 3.74. The van der Waals surface area contributed by atoms with Crippen molar-refractivity contribution >= 4 is 5.96 Å². The van der Waals surface area contributed by atoms with E-state index in [-0.39, 0.29) is 0 Å². The molecule has 4 nitrogen and oxygen atoms in total. The van der Waals surface area contributed by atoms with Gasteiger partial charge < -0.3 is 10.2 Å². The van der Waals surface area contributed by atoms with Gasteiger partial charge in [0, 0.05) is 25.5 Å². The average molecular weight is 190 g/mol. The van der Waals surface area contributed by atoms with Crippen molar-refractivity contribution in [2.45, 2.75) is 13.8 Å². The Morgan fingerprint density at radius 3 is 2.79 bits per heavy atom. The average Bonchev–Trinajstić information content (AvgIpc) is 2.45. The molecule has 1 N–H and O–H groups in total. The van der Waals surface area contributed by atoms with Gasteiger partial charge in [0.15, 0.2) is 0 Å². The van der Waals surface area contributed by atoms with Gasteiger partial charge in [0.25, 0.3) is 0 Å². The molecule has 0 amide bonds. The first kappa shape index (κ1) is 10.3. The van der Waals surface area contributed by atoms with Gasteiger partial charge in [-0.05, 0) is 19.9 Å². The van der Waals surface area contributed by atoms with Crippen molar-refractivity contribution in [2.24, 2.45) is 4.99 Å². The number of allylic oxidation sites excluding steroid dienone is 2. The van der Waals surface area contributed by atoms with E-state index in [0.29, 0.717) is 5.57 Å². The third-order valence-corrected chi connectivity index (χ3v) is 1.99. The number of nitrogens with zero attached hydrogens (tertiary/aromatic N) is 3. The first-order valence-corrected chi connectivity index (χ1v) is 4.68. The zero-order valence-corrected chi connectivity index (χ0v) is 8.49. The highest BCUT2D eigenvalue weighted by Crippen LogP contribution is 2.00. The lowest BCUT2D eigenvalue weighted by Crippen LogP contribution is -2.38. The molecular formula is C10H14N4. The molecule has 0 unspecified atom stereocenters. The number of hydrogen-bond acceptors (Lipinski definition) is 4. The van der Waals surface area contributed by atoms with Crippen molar-refractivity contribution in [3.63, 3.8) is 0 Å². The zero-order chi connectivity index (χ0) is 10.4. The maximum Gasteiger partial charge on any atom is 0.202 e. The SMILES string of the molecule is CCN(CC)C1=NC=C(C#N)C=CN1. The number of nitriles is 1. The quantitative estimate of drug-likeness (QED) is 0.712. The Morgan fingerprint density at radius 2 is 2.21 bits per heavy atom. The Morgan fingerprint density at radius 1 is 1.50 bits per heavy atom. The highest BCUT2D eigenvalue weighted by atomic mass is 15.3. The Balaban J connectivity index is 2.83. The van der Waals surface area contributed by atoms with Crippen molar-refractivity contribution in [1.82, 2.24) is 10.2 Å². The second kappa shape index (κ2) is 5.07. The molecule has 74 valence electrons. The lowest BCUT2D eigenvalue weighted by Gasteiger charge is -2.21. The van der Waals surface area contributed by atoms with E-state index in [2.05, 4.69) is 29.1 Å². The summed E-state index contributed by atoms with van der Waals surface area (Å²) in [4.78, 5) is 6.29. The van der Waals surface area contributed by atoms with E-state index in [9.17, 15) is 0 Å². The molecule has 0 aromatic rings. The molecule has 0 spiro atoms. The van der Waals surface area contributed by atoms with Crippen molar-refractivity contribution in [3.8, 4) is 6.07 Å². The molecule has 0 radical (unpaired) electrons. The van der Waals surface area contributed by atoms with E-state index in [0.717, 1.165) is 19.0 Å². The van der Waals surface area contributed by atoms with Crippen molar-refractivity contribution in [1.29, 1.82) is 5.26 Å². The van der Waals surface area contributed by atoms with Crippen LogP contribution in [0.4, 0.5) is 0 Å². The van der Waals surface area contributed by atoms with Crippen LogP contribution in [0.1, 0.15) is 13.8 Å². The van der Waals surface area contributed by atoms with E-state index in [4.69, 9.17) is 5.26 Å². The monoisotopic (exact) mass is 190 g/mol. The Bertz CT molecular complexity index is 316. The summed E-state index contributed by atoms with van der Waals surface area (Å²) in [6, 6.07) is 2.05. The molecule has 4 heteroatoms. The summed E-state index contributed by atoms with van der Waals surface area (Å²) in [7, 11) is 0. The molecule has 0 fully saturated rings. The van der Waals surface area contributed by atoms with Crippen LogP contribution in [-0.2, 0) is 0 Å². The standard InChI is InChI=1S/C10H14N4/c1-3-14(4-2)10-12-6-5-9(7-11)8-13-10/h5-6,8H,3-4H2,1-2H3,(H,12,13). The van der Waals surface area contributed by atoms with Crippen LogP contribution >= 0.6 is 0 Å². The summed E-state index contributed by atoms with van der Waals surface area (Å²) in [5.41, 5.74) is 0.555. The van der Waals surface area contributed by atoms with Crippen LogP contribution in [0.25, 0.3) is 0 Å². The Hall–Kier alpha value is -1.76. The molecule has 14 heavy (non-hydrogen) atoms. The molecule has 1 rings (SSSR count). The molecular weight excluding hydrogens is 176 g/mol. The summed E-state index contributed by atoms with van der Waals surface area (Å²) in [6.45, 7) is 5.92. The fourth-order valence-corrected chi connectivity index (χ4v) is 1.18. The van der Waals surface area contributed by atoms with Gasteiger partial charge >= 0.3 is 0 Å². The molecule has 1 heterocycles. The largest absolute Gasteiger partial charge is 0.343 e. The number of guanidine groups is 1. The molecule has 0 bridgehead atoms. The smallest absolute Gasteiger partial charge is 0.202 e. The molecule has 0 saturated heterocycles. The van der Waals surface area contributed by atoms with Crippen molar-refractivity contribution < 1.29 is 0 Å². The minimum atomic E-state index is 0.555. The first-order valence-electron chi connectivity index (χ1n) is 4.68. The van der Waals surface area contributed by atoms with E-state index < -0.39 is 0 Å². The predicted molar refractivity (Wildman–Crippen MR) is 56.3 cm³/mol. The van der Waals surface area contributed by atoms with Crippen LogP contribution in [0.3, 0.4) is 0 Å². The van der Waals surface area contributed by atoms with Crippen LogP contribution in [0, 0.1) is 11.3 Å². The minimum absolute atomic E-state index is 0.555. The van der Waals surface area contributed by atoms with Gasteiger partial charge in [-0.15, -0.1) is 0 Å². The number of aliphatic imine (C=N–C) groups is 1. The summed E-state index contributed by atoms with van der Waals surface area (Å²) in [5.74, 6) is 0.788. The lowest BCUT2D eigenvalue weighted by atomic mass is 10.3. The van der Waals surface area contributed by atoms with E-state index in [1.807, 2.05) is 6.07 Å². The van der Waals surface area contributed by atoms with Crippen LogP contribution in [0.15, 0.2) is 29.0 Å². The summed E-state index contributed by atoms with van der Waals surface area (Å²) >= 11 is 0. The highest BCUT2D eigenvalue weighted by molar-refractivity contribution is 5.82. The second-order valence-corrected chi connectivity index (χ2v) is 2.80. The maximum absolute atomic E-state index is 8.68. The first-order chi connectivity index (χ1) is 6.81. The van der Waals surface area contributed by atoms with Gasteiger partial charge in [-0.3, -0.25) is 0 Å². The fraction of sp³-hybridized carbons (Fsp3) is 0.400. The third kappa shape index (κ3) is 2.36. The topological polar surface area (TPSA) is 51.4 Å². The van der Waals surface area contributed by atoms with E-state index >= 15 is 0 Å². The second-order valence-electron chi connectivity index (χ2n) is 2.80. The van der Waals surface area contributed by atoms with Crippen LogP contribution in [0.2, 0.25) is 0 Å². The number of nitrogens with one attached hydrogen (secondary N) is 1. The van der Waals surface area contributed by atoms with Gasteiger partial charge in [-0.25, -0.2) is 4.99 Å². The zero-order valence-electron chi connectivity index (χ0n) is 8.49. The lowest BCUT2D eigenvalue weighted by molar-refractivity contribution is 0.453. The van der Waals surface area contributed by atoms with Crippen molar-refractivity contribution in [3.05, 3.63) is 24.0 Å². The highest BCUT2D eigenvalue weighted by Gasteiger charge is 2.06. The van der Waals surface area contributed by atoms with Crippen LogP contribution in [0.5, 0.6) is 0 Å². The van der Waals surface area contributed by atoms with E-state index in [1.165, 1.54) is 0 Å². The molecule has 1 aliphatic rings. The van der Waals surface area contributed by atoms with E-state index in [1.54, 1.807) is 18.5 Å². The minimum Gasteiger partial charge on any atom is -0.343 e. The maximum atomic E-state index is 8.68. The summed E-state index contributed by atoms with van der Waals surface area (Å²) < 4.78 is 0. The van der Waals surface area contributed by atoms with Crippen LogP contribution in [-0.4, -0.2) is 23.9 Å². The summed E-state index contributed by atoms with van der Waals surface area (Å²) in [6.07, 6.45) is 5.02. The molecule has 0 aliphatic carbocycles. The van der Waals surface area contributed by atoms with Gasteiger partial charge in [-0.2, -0.15) is 5.26 Å². The fourth-order valence-electron chi connectivity index (χ4n) is 1.18. The molecule has 0 aromatic carbocycles. The molecule has 0 aromatic heterocycles. The van der Waals surface area contributed by atoms with Gasteiger partial charge in [0.1, 0.15) is 6.07 Å². The van der Waals surface area contributed by atoms with Gasteiger partial charge in [-0.1, -0.05) is 0 Å². The number of rotatable bonds is 2. The van der Waals surface area contributed by atoms with Gasteiger partial charge in [0.2, 0.25) is 5.96 Å². The van der Waals surface area contributed by atoms with Gasteiger partial charge in [0.05, 0.1) is 5.57 Å². The molecule has 1 aliphatic heterocycles. The normalized spacial score (nSPS) is 14.6. The molecule has 0 atom stereocenters. The number of hydrogen-bond donors (Lipinski definition) is 1. The third-order valence-electron chi connectivity index (χ3n) is 1.99. The van der Waals surface area contributed by atoms with Crippen LogP contribution < -0.4 is 5.32 Å². The van der Waals surface area contributed by atoms with Crippen molar-refractivity contribution in [2.75, 3.05) is 13.1 Å². The Labute approximate surface area is 84.2 Å².